The highest BCUT2D eigenvalue weighted by molar-refractivity contribution is 9.11. The number of amides is 1. The molecule has 9 heteroatoms. The molecule has 1 unspecified atom stereocenters. The van der Waals surface area contributed by atoms with Crippen molar-refractivity contribution in [2.75, 3.05) is 19.6 Å². The molecule has 2 saturated heterocycles. The number of hydrogen-bond donors (Lipinski definition) is 1. The summed E-state index contributed by atoms with van der Waals surface area (Å²) in [5.74, 6) is 0.540. The molecule has 1 N–H and O–H groups in total. The predicted octanol–water partition coefficient (Wildman–Crippen LogP) is 4.28. The third kappa shape index (κ3) is 4.51. The van der Waals surface area contributed by atoms with Crippen molar-refractivity contribution in [3.63, 3.8) is 0 Å². The molecule has 0 aromatic carbocycles. The lowest BCUT2D eigenvalue weighted by atomic mass is 10.1. The summed E-state index contributed by atoms with van der Waals surface area (Å²) in [7, 11) is 0. The summed E-state index contributed by atoms with van der Waals surface area (Å²) in [4.78, 5) is 37.4. The van der Waals surface area contributed by atoms with E-state index in [0.29, 0.717) is 22.6 Å². The minimum atomic E-state index is -0.576. The normalized spacial score (nSPS) is 23.7. The fourth-order valence-corrected chi connectivity index (χ4v) is 5.65. The molecule has 0 spiro atoms. The van der Waals surface area contributed by atoms with E-state index in [1.165, 1.54) is 30.6 Å². The average molecular weight is 483 g/mol. The number of thiophene rings is 1. The number of carbonyl (C=O) groups excluding carboxylic acids is 1. The molecule has 0 bridgehead atoms. The lowest BCUT2D eigenvalue weighted by Gasteiger charge is -2.32. The van der Waals surface area contributed by atoms with Crippen molar-refractivity contribution in [1.82, 2.24) is 19.8 Å². The molecule has 158 valence electrons. The number of hydrogen-bond acceptors (Lipinski definition) is 6. The van der Waals surface area contributed by atoms with E-state index in [4.69, 9.17) is 9.72 Å². The third-order valence-electron chi connectivity index (χ3n) is 5.50. The molecule has 2 aliphatic rings. The predicted molar refractivity (Wildman–Crippen MR) is 117 cm³/mol. The van der Waals surface area contributed by atoms with Gasteiger partial charge in [-0.3, -0.25) is 14.6 Å². The smallest absolute Gasteiger partial charge is 0.410 e. The van der Waals surface area contributed by atoms with Crippen LogP contribution in [0.3, 0.4) is 0 Å². The molecule has 29 heavy (non-hydrogen) atoms. The van der Waals surface area contributed by atoms with Crippen molar-refractivity contribution >= 4 is 43.6 Å². The summed E-state index contributed by atoms with van der Waals surface area (Å²) in [6.07, 6.45) is 4.05. The minimum Gasteiger partial charge on any atom is -0.444 e. The SMILES string of the molecule is CC(C)(C)OC(=O)N1CC(N2CCCCC2)C[C@H]1c1nc2cc(Br)sc2c(=O)[nH]1. The molecule has 1 amide bonds. The van der Waals surface area contributed by atoms with Gasteiger partial charge in [-0.25, -0.2) is 9.78 Å². The molecule has 0 saturated carbocycles. The van der Waals surface area contributed by atoms with E-state index in [0.717, 1.165) is 23.3 Å². The van der Waals surface area contributed by atoms with Crippen LogP contribution in [0, 0.1) is 0 Å². The molecule has 0 aliphatic carbocycles. The van der Waals surface area contributed by atoms with Crippen LogP contribution in [0.1, 0.15) is 58.3 Å². The molecule has 4 heterocycles. The van der Waals surface area contributed by atoms with Gasteiger partial charge in [0.25, 0.3) is 5.56 Å². The Morgan fingerprint density at radius 3 is 2.72 bits per heavy atom. The Labute approximate surface area is 182 Å². The second kappa shape index (κ2) is 8.00. The maximum absolute atomic E-state index is 13.0. The molecule has 2 aromatic rings. The van der Waals surface area contributed by atoms with Crippen LogP contribution in [-0.4, -0.2) is 57.1 Å². The first-order valence-corrected chi connectivity index (χ1v) is 11.7. The third-order valence-corrected chi connectivity index (χ3v) is 7.13. The number of aromatic nitrogens is 2. The molecule has 4 rings (SSSR count). The van der Waals surface area contributed by atoms with Crippen molar-refractivity contribution in [2.45, 2.75) is 64.1 Å². The number of halogens is 1. The molecular weight excluding hydrogens is 456 g/mol. The highest BCUT2D eigenvalue weighted by Crippen LogP contribution is 2.36. The minimum absolute atomic E-state index is 0.161. The second-order valence-electron chi connectivity index (χ2n) is 8.85. The first kappa shape index (κ1) is 20.8. The summed E-state index contributed by atoms with van der Waals surface area (Å²) in [6.45, 7) is 8.31. The van der Waals surface area contributed by atoms with Crippen LogP contribution in [0.5, 0.6) is 0 Å². The number of nitrogens with zero attached hydrogens (tertiary/aromatic N) is 3. The number of fused-ring (bicyclic) bond motifs is 1. The zero-order valence-electron chi connectivity index (χ0n) is 17.0. The zero-order valence-corrected chi connectivity index (χ0v) is 19.4. The summed E-state index contributed by atoms with van der Waals surface area (Å²) in [5, 5.41) is 0. The zero-order chi connectivity index (χ0) is 20.8. The van der Waals surface area contributed by atoms with E-state index < -0.39 is 5.60 Å². The Morgan fingerprint density at radius 2 is 2.03 bits per heavy atom. The Hall–Kier alpha value is -1.45. The van der Waals surface area contributed by atoms with Gasteiger partial charge in [0.2, 0.25) is 0 Å². The van der Waals surface area contributed by atoms with Gasteiger partial charge in [0.1, 0.15) is 16.1 Å². The Morgan fingerprint density at radius 1 is 1.31 bits per heavy atom. The van der Waals surface area contributed by atoms with Gasteiger partial charge in [0.15, 0.2) is 0 Å². The number of rotatable bonds is 2. The Bertz CT molecular complexity index is 961. The van der Waals surface area contributed by atoms with Crippen LogP contribution in [-0.2, 0) is 4.74 Å². The molecule has 2 atom stereocenters. The van der Waals surface area contributed by atoms with Crippen molar-refractivity contribution < 1.29 is 9.53 Å². The van der Waals surface area contributed by atoms with E-state index in [9.17, 15) is 9.59 Å². The van der Waals surface area contributed by atoms with Crippen LogP contribution in [0.25, 0.3) is 10.2 Å². The summed E-state index contributed by atoms with van der Waals surface area (Å²) in [5.41, 5.74) is -0.0779. The number of carbonyl (C=O) groups is 1. The monoisotopic (exact) mass is 482 g/mol. The first-order valence-electron chi connectivity index (χ1n) is 10.1. The van der Waals surface area contributed by atoms with Crippen LogP contribution in [0.15, 0.2) is 14.6 Å². The Balaban J connectivity index is 1.67. The topological polar surface area (TPSA) is 78.5 Å². The Kier molecular flexibility index (Phi) is 5.74. The van der Waals surface area contributed by atoms with Crippen molar-refractivity contribution in [1.29, 1.82) is 0 Å². The molecule has 2 fully saturated rings. The first-order chi connectivity index (χ1) is 13.7. The molecular formula is C20H27BrN4O3S. The van der Waals surface area contributed by atoms with Crippen LogP contribution < -0.4 is 5.56 Å². The van der Waals surface area contributed by atoms with Crippen LogP contribution >= 0.6 is 27.3 Å². The van der Waals surface area contributed by atoms with E-state index >= 15 is 0 Å². The van der Waals surface area contributed by atoms with Gasteiger partial charge in [0.05, 0.1) is 15.3 Å². The molecule has 2 aromatic heterocycles. The maximum atomic E-state index is 13.0. The molecule has 7 nitrogen and oxygen atoms in total. The average Bonchev–Trinajstić information content (AvgIpc) is 3.24. The summed E-state index contributed by atoms with van der Waals surface area (Å²) < 4.78 is 7.13. The number of likely N-dealkylation sites (tertiary alicyclic amines) is 2. The summed E-state index contributed by atoms with van der Waals surface area (Å²) in [6, 6.07) is 1.81. The largest absolute Gasteiger partial charge is 0.444 e. The fourth-order valence-electron chi connectivity index (χ4n) is 4.23. The number of nitrogens with one attached hydrogen (secondary N) is 1. The summed E-state index contributed by atoms with van der Waals surface area (Å²) >= 11 is 4.80. The van der Waals surface area contributed by atoms with Gasteiger partial charge in [-0.15, -0.1) is 11.3 Å². The number of H-pyrrole nitrogens is 1. The van der Waals surface area contributed by atoms with E-state index in [2.05, 4.69) is 25.8 Å². The number of ether oxygens (including phenoxy) is 1. The highest BCUT2D eigenvalue weighted by Gasteiger charge is 2.42. The van der Waals surface area contributed by atoms with Gasteiger partial charge in [-0.2, -0.15) is 0 Å². The number of piperidine rings is 1. The van der Waals surface area contributed by atoms with E-state index in [1.54, 1.807) is 4.90 Å². The van der Waals surface area contributed by atoms with Gasteiger partial charge < -0.3 is 9.72 Å². The highest BCUT2D eigenvalue weighted by atomic mass is 79.9. The van der Waals surface area contributed by atoms with E-state index in [-0.39, 0.29) is 23.7 Å². The van der Waals surface area contributed by atoms with Gasteiger partial charge in [-0.1, -0.05) is 6.42 Å². The van der Waals surface area contributed by atoms with Crippen molar-refractivity contribution in [2.24, 2.45) is 0 Å². The molecule has 0 radical (unpaired) electrons. The van der Waals surface area contributed by atoms with Crippen LogP contribution in [0.4, 0.5) is 4.79 Å². The van der Waals surface area contributed by atoms with Crippen molar-refractivity contribution in [3.05, 3.63) is 26.0 Å². The standard InChI is InChI=1S/C20H27BrN4O3S/c1-20(2,3)28-19(27)25-11-12(24-7-5-4-6-8-24)9-14(25)17-22-13-10-15(21)29-16(13)18(26)23-17/h10,12,14H,4-9,11H2,1-3H3,(H,22,23,26)/t12?,14-/m0/s1. The van der Waals surface area contributed by atoms with E-state index in [1.807, 2.05) is 26.8 Å². The number of aromatic amines is 1. The lowest BCUT2D eigenvalue weighted by molar-refractivity contribution is 0.0206. The second-order valence-corrected chi connectivity index (χ2v) is 11.3. The van der Waals surface area contributed by atoms with Crippen LogP contribution in [0.2, 0.25) is 0 Å². The fraction of sp³-hybridized carbons (Fsp3) is 0.650. The van der Waals surface area contributed by atoms with Gasteiger partial charge in [0, 0.05) is 12.6 Å². The molecule has 2 aliphatic heterocycles. The quantitative estimate of drug-likeness (QED) is 0.690. The van der Waals surface area contributed by atoms with Gasteiger partial charge >= 0.3 is 6.09 Å². The maximum Gasteiger partial charge on any atom is 0.410 e. The van der Waals surface area contributed by atoms with Crippen molar-refractivity contribution in [3.8, 4) is 0 Å². The lowest BCUT2D eigenvalue weighted by Crippen LogP contribution is -2.42. The van der Waals surface area contributed by atoms with Gasteiger partial charge in [-0.05, 0) is 75.1 Å².